The first-order valence-electron chi connectivity index (χ1n) is 18.1. The van der Waals surface area contributed by atoms with E-state index in [2.05, 4.69) is 20.9 Å². The Morgan fingerprint density at radius 3 is 2.24 bits per heavy atom. The summed E-state index contributed by atoms with van der Waals surface area (Å²) in [6, 6.07) is 9.30. The summed E-state index contributed by atoms with van der Waals surface area (Å²) in [6.07, 6.45) is 2.56. The third kappa shape index (κ3) is 8.14. The number of piperidine rings is 3. The van der Waals surface area contributed by atoms with Crippen molar-refractivity contribution in [3.63, 3.8) is 0 Å². The van der Waals surface area contributed by atoms with Crippen molar-refractivity contribution in [1.82, 2.24) is 24.9 Å². The lowest BCUT2D eigenvalue weighted by Gasteiger charge is -2.41. The molecule has 3 saturated heterocycles. The monoisotopic (exact) mass is 697 g/mol. The van der Waals surface area contributed by atoms with Gasteiger partial charge >= 0.3 is 18.2 Å². The van der Waals surface area contributed by atoms with Gasteiger partial charge in [-0.2, -0.15) is 13.2 Å². The van der Waals surface area contributed by atoms with Gasteiger partial charge in [0, 0.05) is 69.7 Å². The number of aryl methyl sites for hydroxylation is 1. The Morgan fingerprint density at radius 1 is 0.900 bits per heavy atom. The highest BCUT2D eigenvalue weighted by atomic mass is 19.4. The highest BCUT2D eigenvalue weighted by Crippen LogP contribution is 2.37. The SMILES string of the molecule is CNc1c(C)cc(C[C@@H](NC(=O)N2CCC(N3CCc4ccccc4NC3=O)CC2)C(=O)N2CCC(N3CCCCC3)CC2)cc1C(F)(F)F. The molecule has 0 spiro atoms. The quantitative estimate of drug-likeness (QED) is 0.345. The number of amides is 5. The Balaban J connectivity index is 1.13. The minimum Gasteiger partial charge on any atom is -0.387 e. The van der Waals surface area contributed by atoms with Crippen LogP contribution in [0.5, 0.6) is 0 Å². The number of carbonyl (C=O) groups excluding carboxylic acids is 3. The maximum atomic E-state index is 14.1. The van der Waals surface area contributed by atoms with E-state index in [-0.39, 0.29) is 30.1 Å². The number of para-hydroxylation sites is 1. The fourth-order valence-electron chi connectivity index (χ4n) is 8.29. The number of benzene rings is 2. The molecule has 5 amide bonds. The molecule has 4 aliphatic rings. The van der Waals surface area contributed by atoms with Crippen LogP contribution in [0, 0.1) is 6.92 Å². The number of fused-ring (bicyclic) bond motifs is 1. The predicted molar refractivity (Wildman–Crippen MR) is 187 cm³/mol. The van der Waals surface area contributed by atoms with Crippen molar-refractivity contribution in [2.75, 3.05) is 63.5 Å². The van der Waals surface area contributed by atoms with Gasteiger partial charge in [0.25, 0.3) is 0 Å². The summed E-state index contributed by atoms with van der Waals surface area (Å²) in [5.41, 5.74) is 1.86. The first kappa shape index (κ1) is 35.8. The summed E-state index contributed by atoms with van der Waals surface area (Å²) < 4.78 is 42.2. The lowest BCUT2D eigenvalue weighted by Crippen LogP contribution is -2.57. The Kier molecular flexibility index (Phi) is 11.1. The molecule has 13 heteroatoms. The molecule has 50 heavy (non-hydrogen) atoms. The van der Waals surface area contributed by atoms with Crippen LogP contribution in [0.3, 0.4) is 0 Å². The third-order valence-electron chi connectivity index (χ3n) is 11.0. The molecule has 0 aromatic heterocycles. The number of alkyl halides is 3. The topological polar surface area (TPSA) is 100 Å². The van der Waals surface area contributed by atoms with Gasteiger partial charge in [-0.3, -0.25) is 4.79 Å². The number of halogens is 3. The van der Waals surface area contributed by atoms with E-state index in [0.717, 1.165) is 49.7 Å². The van der Waals surface area contributed by atoms with Crippen LogP contribution in [0.15, 0.2) is 36.4 Å². The molecule has 272 valence electrons. The molecule has 2 aromatic carbocycles. The van der Waals surface area contributed by atoms with Crippen molar-refractivity contribution in [2.45, 2.75) is 89.0 Å². The average molecular weight is 698 g/mol. The molecule has 3 N–H and O–H groups in total. The van der Waals surface area contributed by atoms with Gasteiger partial charge in [0.15, 0.2) is 0 Å². The molecule has 0 unspecified atom stereocenters. The second kappa shape index (κ2) is 15.5. The number of carbonyl (C=O) groups is 3. The summed E-state index contributed by atoms with van der Waals surface area (Å²) in [5.74, 6) is -0.268. The number of anilines is 2. The Hall–Kier alpha value is -4.00. The maximum Gasteiger partial charge on any atom is 0.418 e. The van der Waals surface area contributed by atoms with Crippen LogP contribution in [-0.4, -0.2) is 109 Å². The summed E-state index contributed by atoms with van der Waals surface area (Å²) in [6.45, 7) is 6.22. The van der Waals surface area contributed by atoms with Gasteiger partial charge in [-0.05, 0) is 93.8 Å². The van der Waals surface area contributed by atoms with E-state index in [1.54, 1.807) is 22.8 Å². The van der Waals surface area contributed by atoms with Crippen molar-refractivity contribution >= 4 is 29.3 Å². The molecular formula is C37H50F3N7O3. The zero-order valence-corrected chi connectivity index (χ0v) is 29.2. The van der Waals surface area contributed by atoms with Crippen LogP contribution in [0.4, 0.5) is 34.1 Å². The number of nitrogens with one attached hydrogen (secondary N) is 3. The van der Waals surface area contributed by atoms with E-state index in [0.29, 0.717) is 62.7 Å². The van der Waals surface area contributed by atoms with Crippen molar-refractivity contribution in [3.8, 4) is 0 Å². The molecule has 0 saturated carbocycles. The molecule has 1 atom stereocenters. The highest BCUT2D eigenvalue weighted by Gasteiger charge is 2.37. The van der Waals surface area contributed by atoms with Crippen molar-refractivity contribution in [1.29, 1.82) is 0 Å². The molecule has 4 aliphatic heterocycles. The summed E-state index contributed by atoms with van der Waals surface area (Å²) in [4.78, 5) is 48.7. The fraction of sp³-hybridized carbons (Fsp3) is 0.595. The number of hydrogen-bond donors (Lipinski definition) is 3. The van der Waals surface area contributed by atoms with E-state index in [4.69, 9.17) is 0 Å². The van der Waals surface area contributed by atoms with E-state index in [1.165, 1.54) is 26.3 Å². The zero-order valence-electron chi connectivity index (χ0n) is 29.2. The van der Waals surface area contributed by atoms with Gasteiger partial charge in [-0.1, -0.05) is 30.7 Å². The highest BCUT2D eigenvalue weighted by molar-refractivity contribution is 5.91. The Labute approximate surface area is 292 Å². The van der Waals surface area contributed by atoms with Gasteiger partial charge in [0.05, 0.1) is 5.56 Å². The molecule has 4 heterocycles. The number of hydrogen-bond acceptors (Lipinski definition) is 5. The number of urea groups is 2. The van der Waals surface area contributed by atoms with E-state index >= 15 is 0 Å². The molecule has 3 fully saturated rings. The van der Waals surface area contributed by atoms with Crippen molar-refractivity contribution < 1.29 is 27.6 Å². The van der Waals surface area contributed by atoms with Crippen LogP contribution in [0.25, 0.3) is 0 Å². The summed E-state index contributed by atoms with van der Waals surface area (Å²) in [5, 5.41) is 8.62. The largest absolute Gasteiger partial charge is 0.418 e. The summed E-state index contributed by atoms with van der Waals surface area (Å²) in [7, 11) is 1.46. The lowest BCUT2D eigenvalue weighted by atomic mass is 9.96. The van der Waals surface area contributed by atoms with E-state index < -0.39 is 23.8 Å². The van der Waals surface area contributed by atoms with Gasteiger partial charge in [0.1, 0.15) is 6.04 Å². The van der Waals surface area contributed by atoms with Crippen molar-refractivity contribution in [3.05, 3.63) is 58.7 Å². The predicted octanol–water partition coefficient (Wildman–Crippen LogP) is 5.71. The maximum absolute atomic E-state index is 14.1. The molecule has 6 rings (SSSR count). The van der Waals surface area contributed by atoms with Crippen LogP contribution < -0.4 is 16.0 Å². The molecule has 2 aromatic rings. The molecule has 10 nitrogen and oxygen atoms in total. The van der Waals surface area contributed by atoms with Gasteiger partial charge in [-0.15, -0.1) is 0 Å². The first-order valence-corrected chi connectivity index (χ1v) is 18.1. The zero-order chi connectivity index (χ0) is 35.4. The first-order chi connectivity index (χ1) is 24.0. The molecule has 0 bridgehead atoms. The third-order valence-corrected chi connectivity index (χ3v) is 11.0. The number of nitrogens with zero attached hydrogens (tertiary/aromatic N) is 4. The van der Waals surface area contributed by atoms with Crippen LogP contribution in [0.2, 0.25) is 0 Å². The Morgan fingerprint density at radius 2 is 1.56 bits per heavy atom. The normalized spacial score (nSPS) is 20.5. The van der Waals surface area contributed by atoms with Crippen LogP contribution in [0.1, 0.15) is 67.2 Å². The molecule has 0 radical (unpaired) electrons. The van der Waals surface area contributed by atoms with Crippen molar-refractivity contribution in [2.24, 2.45) is 0 Å². The fourth-order valence-corrected chi connectivity index (χ4v) is 8.29. The molecule has 0 aliphatic carbocycles. The van der Waals surface area contributed by atoms with E-state index in [1.807, 2.05) is 29.2 Å². The second-order valence-electron chi connectivity index (χ2n) is 14.2. The van der Waals surface area contributed by atoms with E-state index in [9.17, 15) is 27.6 Å². The second-order valence-corrected chi connectivity index (χ2v) is 14.2. The molecular weight excluding hydrogens is 647 g/mol. The smallest absolute Gasteiger partial charge is 0.387 e. The van der Waals surface area contributed by atoms with Gasteiger partial charge < -0.3 is 35.6 Å². The minimum atomic E-state index is -4.59. The van der Waals surface area contributed by atoms with Gasteiger partial charge in [0.2, 0.25) is 5.91 Å². The van der Waals surface area contributed by atoms with Crippen LogP contribution >= 0.6 is 0 Å². The van der Waals surface area contributed by atoms with Gasteiger partial charge in [-0.25, -0.2) is 9.59 Å². The lowest BCUT2D eigenvalue weighted by molar-refractivity contribution is -0.137. The summed E-state index contributed by atoms with van der Waals surface area (Å²) >= 11 is 0. The number of likely N-dealkylation sites (tertiary alicyclic amines) is 3. The number of rotatable bonds is 7. The van der Waals surface area contributed by atoms with Crippen LogP contribution in [-0.2, 0) is 23.8 Å². The standard InChI is InChI=1S/C37H50F3N7O3/c1-25-22-26(23-30(33(25)41-2)37(38,39)40)24-32(34(48)45-17-11-28(12-18-45)44-15-6-3-7-16-44)43-35(49)46-19-13-29(14-20-46)47-21-10-27-8-4-5-9-31(27)42-36(47)50/h4-5,8-9,22-23,28-29,32,41H,3,6-7,10-21,24H2,1-2H3,(H,42,50)(H,43,49)/t32-/m1/s1. The minimum absolute atomic E-state index is 0.00205. The average Bonchev–Trinajstić information content (AvgIpc) is 3.29. The Bertz CT molecular complexity index is 1530.